The molecule has 0 saturated heterocycles. The Morgan fingerprint density at radius 1 is 1.50 bits per heavy atom. The SMILES string of the molecule is Cc1ccn(-c2nccc(C(=O)O)c2F)n1. The maximum absolute atomic E-state index is 13.7. The molecule has 82 valence electrons. The molecule has 0 bridgehead atoms. The van der Waals surface area contributed by atoms with Gasteiger partial charge in [0.2, 0.25) is 0 Å². The molecule has 0 fully saturated rings. The lowest BCUT2D eigenvalue weighted by Crippen LogP contribution is -2.08. The Balaban J connectivity index is 2.58. The van der Waals surface area contributed by atoms with E-state index in [9.17, 15) is 9.18 Å². The lowest BCUT2D eigenvalue weighted by atomic mass is 10.2. The van der Waals surface area contributed by atoms with E-state index in [0.29, 0.717) is 5.69 Å². The van der Waals surface area contributed by atoms with Crippen LogP contribution in [0.5, 0.6) is 0 Å². The Hall–Kier alpha value is -2.24. The van der Waals surface area contributed by atoms with E-state index in [0.717, 1.165) is 6.07 Å². The van der Waals surface area contributed by atoms with E-state index in [1.165, 1.54) is 17.1 Å². The highest BCUT2D eigenvalue weighted by atomic mass is 19.1. The zero-order chi connectivity index (χ0) is 11.7. The molecule has 1 N–H and O–H groups in total. The summed E-state index contributed by atoms with van der Waals surface area (Å²) in [5, 5.41) is 12.7. The van der Waals surface area contributed by atoms with Crippen molar-refractivity contribution >= 4 is 5.97 Å². The topological polar surface area (TPSA) is 68.0 Å². The highest BCUT2D eigenvalue weighted by Crippen LogP contribution is 2.14. The van der Waals surface area contributed by atoms with Gasteiger partial charge < -0.3 is 5.11 Å². The van der Waals surface area contributed by atoms with Crippen molar-refractivity contribution in [1.82, 2.24) is 14.8 Å². The summed E-state index contributed by atoms with van der Waals surface area (Å²) in [4.78, 5) is 14.5. The first kappa shape index (κ1) is 10.3. The summed E-state index contributed by atoms with van der Waals surface area (Å²) in [6, 6.07) is 2.78. The van der Waals surface area contributed by atoms with Crippen molar-refractivity contribution in [3.8, 4) is 5.82 Å². The van der Waals surface area contributed by atoms with E-state index in [-0.39, 0.29) is 5.82 Å². The van der Waals surface area contributed by atoms with Crippen LogP contribution in [0.15, 0.2) is 24.5 Å². The predicted molar refractivity (Wildman–Crippen MR) is 53.0 cm³/mol. The fourth-order valence-corrected chi connectivity index (χ4v) is 1.29. The van der Waals surface area contributed by atoms with E-state index < -0.39 is 17.3 Å². The molecule has 2 aromatic rings. The third-order valence-electron chi connectivity index (χ3n) is 2.04. The molecular formula is C10H8FN3O2. The molecule has 0 unspecified atom stereocenters. The van der Waals surface area contributed by atoms with Crippen LogP contribution in [0, 0.1) is 12.7 Å². The Kier molecular flexibility index (Phi) is 2.40. The summed E-state index contributed by atoms with van der Waals surface area (Å²) >= 11 is 0. The predicted octanol–water partition coefficient (Wildman–Crippen LogP) is 1.41. The molecule has 6 heteroatoms. The van der Waals surface area contributed by atoms with Crippen molar-refractivity contribution in [3.63, 3.8) is 0 Å². The first-order valence-electron chi connectivity index (χ1n) is 4.50. The van der Waals surface area contributed by atoms with Crippen molar-refractivity contribution in [2.45, 2.75) is 6.92 Å². The zero-order valence-corrected chi connectivity index (χ0v) is 8.38. The number of carboxylic acids is 1. The zero-order valence-electron chi connectivity index (χ0n) is 8.38. The molecule has 2 aromatic heterocycles. The number of aryl methyl sites for hydroxylation is 1. The molecule has 0 atom stereocenters. The minimum atomic E-state index is -1.33. The van der Waals surface area contributed by atoms with Gasteiger partial charge in [0.15, 0.2) is 11.6 Å². The van der Waals surface area contributed by atoms with Gasteiger partial charge in [0, 0.05) is 12.4 Å². The number of halogens is 1. The van der Waals surface area contributed by atoms with Crippen molar-refractivity contribution < 1.29 is 14.3 Å². The average Bonchev–Trinajstić information content (AvgIpc) is 2.64. The van der Waals surface area contributed by atoms with Crippen LogP contribution in [0.3, 0.4) is 0 Å². The fraction of sp³-hybridized carbons (Fsp3) is 0.100. The minimum absolute atomic E-state index is 0.118. The molecule has 2 rings (SSSR count). The van der Waals surface area contributed by atoms with E-state index in [1.807, 2.05) is 0 Å². The number of carbonyl (C=O) groups is 1. The molecule has 0 aromatic carbocycles. The van der Waals surface area contributed by atoms with E-state index in [4.69, 9.17) is 5.11 Å². The van der Waals surface area contributed by atoms with Crippen LogP contribution in [0.1, 0.15) is 16.1 Å². The standard InChI is InChI=1S/C10H8FN3O2/c1-6-3-5-14(13-6)9-8(11)7(10(15)16)2-4-12-9/h2-5H,1H3,(H,15,16). The third-order valence-corrected chi connectivity index (χ3v) is 2.04. The molecule has 0 amide bonds. The van der Waals surface area contributed by atoms with Crippen LogP contribution < -0.4 is 0 Å². The summed E-state index contributed by atoms with van der Waals surface area (Å²) in [7, 11) is 0. The van der Waals surface area contributed by atoms with Crippen molar-refractivity contribution in [3.05, 3.63) is 41.6 Å². The second kappa shape index (κ2) is 3.73. The monoisotopic (exact) mass is 221 g/mol. The number of aromatic carboxylic acids is 1. The highest BCUT2D eigenvalue weighted by Gasteiger charge is 2.16. The lowest BCUT2D eigenvalue weighted by Gasteiger charge is -2.03. The molecule has 0 radical (unpaired) electrons. The van der Waals surface area contributed by atoms with E-state index in [2.05, 4.69) is 10.1 Å². The molecule has 0 aliphatic carbocycles. The molecule has 0 saturated carbocycles. The van der Waals surface area contributed by atoms with Crippen LogP contribution in [0.2, 0.25) is 0 Å². The number of hydrogen-bond donors (Lipinski definition) is 1. The molecular weight excluding hydrogens is 213 g/mol. The molecule has 16 heavy (non-hydrogen) atoms. The van der Waals surface area contributed by atoms with Gasteiger partial charge in [-0.2, -0.15) is 5.10 Å². The highest BCUT2D eigenvalue weighted by molar-refractivity contribution is 5.88. The van der Waals surface area contributed by atoms with Gasteiger partial charge >= 0.3 is 5.97 Å². The molecule has 5 nitrogen and oxygen atoms in total. The molecule has 2 heterocycles. The van der Waals surface area contributed by atoms with Gasteiger partial charge in [-0.05, 0) is 19.1 Å². The van der Waals surface area contributed by atoms with Crippen LogP contribution in [-0.2, 0) is 0 Å². The van der Waals surface area contributed by atoms with Gasteiger partial charge in [-0.15, -0.1) is 0 Å². The first-order chi connectivity index (χ1) is 7.59. The van der Waals surface area contributed by atoms with Gasteiger partial charge in [0.25, 0.3) is 0 Å². The van der Waals surface area contributed by atoms with Gasteiger partial charge in [0.05, 0.1) is 5.69 Å². The maximum atomic E-state index is 13.7. The molecule has 0 aliphatic rings. The first-order valence-corrected chi connectivity index (χ1v) is 4.50. The average molecular weight is 221 g/mol. The Morgan fingerprint density at radius 3 is 2.81 bits per heavy atom. The normalized spacial score (nSPS) is 10.4. The fourth-order valence-electron chi connectivity index (χ4n) is 1.29. The quantitative estimate of drug-likeness (QED) is 0.832. The van der Waals surface area contributed by atoms with Crippen LogP contribution in [0.25, 0.3) is 5.82 Å². The summed E-state index contributed by atoms with van der Waals surface area (Å²) in [6.45, 7) is 1.75. The number of hydrogen-bond acceptors (Lipinski definition) is 3. The summed E-state index contributed by atoms with van der Waals surface area (Å²) in [5.74, 6) is -2.34. The van der Waals surface area contributed by atoms with Gasteiger partial charge in [-0.3, -0.25) is 0 Å². The van der Waals surface area contributed by atoms with Gasteiger partial charge in [-0.25, -0.2) is 18.9 Å². The summed E-state index contributed by atoms with van der Waals surface area (Å²) in [6.07, 6.45) is 2.76. The van der Waals surface area contributed by atoms with Crippen molar-refractivity contribution in [2.24, 2.45) is 0 Å². The second-order valence-electron chi connectivity index (χ2n) is 3.20. The Labute approximate surface area is 90.2 Å². The summed E-state index contributed by atoms with van der Waals surface area (Å²) < 4.78 is 14.9. The lowest BCUT2D eigenvalue weighted by molar-refractivity contribution is 0.0691. The van der Waals surface area contributed by atoms with Crippen molar-refractivity contribution in [1.29, 1.82) is 0 Å². The third kappa shape index (κ3) is 1.65. The number of pyridine rings is 1. The Morgan fingerprint density at radius 2 is 2.25 bits per heavy atom. The molecule has 0 spiro atoms. The van der Waals surface area contributed by atoms with Crippen molar-refractivity contribution in [2.75, 3.05) is 0 Å². The van der Waals surface area contributed by atoms with E-state index in [1.54, 1.807) is 13.0 Å². The van der Waals surface area contributed by atoms with Crippen LogP contribution in [-0.4, -0.2) is 25.8 Å². The number of carboxylic acid groups (broad SMARTS) is 1. The van der Waals surface area contributed by atoms with E-state index >= 15 is 0 Å². The molecule has 0 aliphatic heterocycles. The largest absolute Gasteiger partial charge is 0.478 e. The van der Waals surface area contributed by atoms with Crippen LogP contribution >= 0.6 is 0 Å². The number of rotatable bonds is 2. The smallest absolute Gasteiger partial charge is 0.338 e. The van der Waals surface area contributed by atoms with Gasteiger partial charge in [-0.1, -0.05) is 0 Å². The van der Waals surface area contributed by atoms with Gasteiger partial charge in [0.1, 0.15) is 5.56 Å². The number of nitrogens with zero attached hydrogens (tertiary/aromatic N) is 3. The Bertz CT molecular complexity index is 551. The minimum Gasteiger partial charge on any atom is -0.478 e. The summed E-state index contributed by atoms with van der Waals surface area (Å²) in [5.41, 5.74) is 0.278. The maximum Gasteiger partial charge on any atom is 0.338 e. The van der Waals surface area contributed by atoms with Crippen LogP contribution in [0.4, 0.5) is 4.39 Å². The number of aromatic nitrogens is 3. The second-order valence-corrected chi connectivity index (χ2v) is 3.20.